The topological polar surface area (TPSA) is 51.5 Å². The number of hydrogen-bond acceptors (Lipinski definition) is 2. The Labute approximate surface area is 242 Å². The zero-order chi connectivity index (χ0) is 28.2. The summed E-state index contributed by atoms with van der Waals surface area (Å²) in [5.74, 6) is 1.11. The summed E-state index contributed by atoms with van der Waals surface area (Å²) < 4.78 is 23.0. The molecule has 6 rings (SSSR count). The minimum absolute atomic E-state index is 0.252. The fraction of sp³-hybridized carbons (Fsp3) is 0.417. The van der Waals surface area contributed by atoms with Gasteiger partial charge < -0.3 is 14.4 Å². The highest BCUT2D eigenvalue weighted by Gasteiger charge is 2.24. The first kappa shape index (κ1) is 27.6. The predicted octanol–water partition coefficient (Wildman–Crippen LogP) is 9.28. The van der Waals surface area contributed by atoms with Crippen LogP contribution in [-0.2, 0) is 13.0 Å². The van der Waals surface area contributed by atoms with Crippen LogP contribution in [0.15, 0.2) is 66.7 Å². The third-order valence-corrected chi connectivity index (χ3v) is 9.29. The van der Waals surface area contributed by atoms with Gasteiger partial charge in [-0.25, -0.2) is 9.18 Å². The molecule has 0 unspecified atom stereocenters. The van der Waals surface area contributed by atoms with Gasteiger partial charge in [0, 0.05) is 11.9 Å². The number of hydrogen-bond donors (Lipinski definition) is 1. The van der Waals surface area contributed by atoms with Crippen LogP contribution in [0, 0.1) is 17.7 Å². The van der Waals surface area contributed by atoms with E-state index in [1.165, 1.54) is 63.4 Å². The lowest BCUT2D eigenvalue weighted by Crippen LogP contribution is -2.10. The normalized spacial score (nSPS) is 16.4. The average Bonchev–Trinajstić information content (AvgIpc) is 3.61. The molecule has 4 aromatic rings. The number of nitrogens with zero attached hydrogens (tertiary/aromatic N) is 1. The third-order valence-electron chi connectivity index (χ3n) is 9.29. The summed E-state index contributed by atoms with van der Waals surface area (Å²) in [6, 6.07) is 20.5. The lowest BCUT2D eigenvalue weighted by molar-refractivity contribution is 0.0697. The quantitative estimate of drug-likeness (QED) is 0.213. The molecule has 1 aromatic heterocycles. The number of aromatic nitrogens is 1. The first-order valence-electron chi connectivity index (χ1n) is 15.4. The first-order valence-corrected chi connectivity index (χ1v) is 15.4. The number of carbonyl (C=O) groups is 1. The van der Waals surface area contributed by atoms with Crippen LogP contribution >= 0.6 is 0 Å². The second kappa shape index (κ2) is 12.5. The minimum Gasteiger partial charge on any atom is -0.494 e. The molecule has 2 aliphatic rings. The molecule has 5 heteroatoms. The van der Waals surface area contributed by atoms with Crippen LogP contribution in [0.1, 0.15) is 85.7 Å². The van der Waals surface area contributed by atoms with Crippen LogP contribution in [-0.4, -0.2) is 22.2 Å². The van der Waals surface area contributed by atoms with Gasteiger partial charge in [0.15, 0.2) is 0 Å². The van der Waals surface area contributed by atoms with Crippen molar-refractivity contribution in [3.05, 3.63) is 89.2 Å². The van der Waals surface area contributed by atoms with Gasteiger partial charge in [0.05, 0.1) is 23.4 Å². The Morgan fingerprint density at radius 2 is 1.54 bits per heavy atom. The predicted molar refractivity (Wildman–Crippen MR) is 162 cm³/mol. The van der Waals surface area contributed by atoms with E-state index in [4.69, 9.17) is 4.74 Å². The number of fused-ring (bicyclic) bond motifs is 1. The molecule has 1 N–H and O–H groups in total. The van der Waals surface area contributed by atoms with Gasteiger partial charge in [0.25, 0.3) is 0 Å². The Balaban J connectivity index is 1.31. The maximum absolute atomic E-state index is 14.7. The lowest BCUT2D eigenvalue weighted by Gasteiger charge is -2.21. The molecule has 1 heterocycles. The number of carboxylic acids is 1. The molecule has 0 aliphatic heterocycles. The Bertz CT molecular complexity index is 1480. The van der Waals surface area contributed by atoms with Crippen LogP contribution in [0.5, 0.6) is 5.75 Å². The van der Waals surface area contributed by atoms with Gasteiger partial charge in [-0.3, -0.25) is 0 Å². The Hall–Kier alpha value is -3.60. The van der Waals surface area contributed by atoms with Crippen molar-refractivity contribution in [2.75, 3.05) is 6.61 Å². The second-order valence-corrected chi connectivity index (χ2v) is 12.1. The van der Waals surface area contributed by atoms with Crippen LogP contribution < -0.4 is 4.74 Å². The number of ether oxygens (including phenoxy) is 1. The third kappa shape index (κ3) is 6.34. The first-order chi connectivity index (χ1) is 20.0. The molecular formula is C36H40FNO3. The van der Waals surface area contributed by atoms with E-state index in [0.717, 1.165) is 58.8 Å². The molecular weight excluding hydrogens is 513 g/mol. The zero-order valence-corrected chi connectivity index (χ0v) is 23.8. The molecule has 0 bridgehead atoms. The van der Waals surface area contributed by atoms with Crippen molar-refractivity contribution in [1.29, 1.82) is 0 Å². The molecule has 2 saturated carbocycles. The standard InChI is InChI=1S/C36H40FNO3/c37-30-16-19-32-33(22-26-8-4-5-9-26)35(28-12-14-29(15-13-28)36(39)40)38(34(32)23-30)24-27-10-17-31(18-11-27)41-21-20-25-6-2-1-3-7-25/h10-19,23,25-26H,1-9,20-22,24H2,(H,39,40). The maximum Gasteiger partial charge on any atom is 0.335 e. The van der Waals surface area contributed by atoms with Crippen molar-refractivity contribution in [2.45, 2.75) is 77.2 Å². The van der Waals surface area contributed by atoms with Crippen LogP contribution in [0.3, 0.4) is 0 Å². The van der Waals surface area contributed by atoms with Crippen LogP contribution in [0.2, 0.25) is 0 Å². The van der Waals surface area contributed by atoms with E-state index < -0.39 is 5.97 Å². The highest BCUT2D eigenvalue weighted by Crippen LogP contribution is 2.39. The van der Waals surface area contributed by atoms with E-state index in [1.54, 1.807) is 24.3 Å². The SMILES string of the molecule is O=C(O)c1ccc(-c2c(CC3CCCC3)c3ccc(F)cc3n2Cc2ccc(OCCC3CCCCC3)cc2)cc1. The summed E-state index contributed by atoms with van der Waals surface area (Å²) in [7, 11) is 0. The van der Waals surface area contributed by atoms with Crippen LogP contribution in [0.25, 0.3) is 22.2 Å². The zero-order valence-electron chi connectivity index (χ0n) is 23.8. The molecule has 2 fully saturated rings. The van der Waals surface area contributed by atoms with Gasteiger partial charge >= 0.3 is 5.97 Å². The summed E-state index contributed by atoms with van der Waals surface area (Å²) in [6.07, 6.45) is 13.8. The highest BCUT2D eigenvalue weighted by atomic mass is 19.1. The molecule has 3 aromatic carbocycles. The van der Waals surface area contributed by atoms with Crippen molar-refractivity contribution >= 4 is 16.9 Å². The summed E-state index contributed by atoms with van der Waals surface area (Å²) in [5.41, 5.74) is 5.51. The minimum atomic E-state index is -0.939. The molecule has 0 spiro atoms. The second-order valence-electron chi connectivity index (χ2n) is 12.1. The average molecular weight is 554 g/mol. The monoisotopic (exact) mass is 553 g/mol. The van der Waals surface area contributed by atoms with Gasteiger partial charge in [0.2, 0.25) is 0 Å². The molecule has 0 atom stereocenters. The van der Waals surface area contributed by atoms with Gasteiger partial charge in [-0.15, -0.1) is 0 Å². The van der Waals surface area contributed by atoms with Gasteiger partial charge in [-0.05, 0) is 83.8 Å². The number of rotatable bonds is 10. The maximum atomic E-state index is 14.7. The largest absolute Gasteiger partial charge is 0.494 e. The molecule has 4 nitrogen and oxygen atoms in total. The van der Waals surface area contributed by atoms with Gasteiger partial charge in [0.1, 0.15) is 11.6 Å². The molecule has 0 radical (unpaired) electrons. The van der Waals surface area contributed by atoms with Crippen molar-refractivity contribution in [1.82, 2.24) is 4.57 Å². The summed E-state index contributed by atoms with van der Waals surface area (Å²) in [6.45, 7) is 1.34. The summed E-state index contributed by atoms with van der Waals surface area (Å²) in [4.78, 5) is 11.5. The molecule has 214 valence electrons. The van der Waals surface area contributed by atoms with Gasteiger partial charge in [-0.1, -0.05) is 82.1 Å². The van der Waals surface area contributed by atoms with E-state index in [2.05, 4.69) is 16.7 Å². The smallest absolute Gasteiger partial charge is 0.335 e. The van der Waals surface area contributed by atoms with E-state index in [1.807, 2.05) is 30.3 Å². The van der Waals surface area contributed by atoms with E-state index in [0.29, 0.717) is 12.5 Å². The van der Waals surface area contributed by atoms with E-state index >= 15 is 0 Å². The number of aromatic carboxylic acids is 1. The fourth-order valence-electron chi connectivity index (χ4n) is 7.06. The summed E-state index contributed by atoms with van der Waals surface area (Å²) in [5, 5.41) is 10.6. The molecule has 0 amide bonds. The van der Waals surface area contributed by atoms with Crippen molar-refractivity contribution in [3.63, 3.8) is 0 Å². The highest BCUT2D eigenvalue weighted by molar-refractivity contribution is 5.93. The number of carboxylic acid groups (broad SMARTS) is 1. The lowest BCUT2D eigenvalue weighted by atomic mass is 9.87. The number of benzene rings is 3. The van der Waals surface area contributed by atoms with Crippen LogP contribution in [0.4, 0.5) is 4.39 Å². The fourth-order valence-corrected chi connectivity index (χ4v) is 7.06. The Morgan fingerprint density at radius 3 is 2.24 bits per heavy atom. The van der Waals surface area contributed by atoms with Crippen molar-refractivity contribution in [2.24, 2.45) is 11.8 Å². The Kier molecular flexibility index (Phi) is 8.41. The van der Waals surface area contributed by atoms with E-state index in [-0.39, 0.29) is 11.4 Å². The van der Waals surface area contributed by atoms with Crippen molar-refractivity contribution in [3.8, 4) is 17.0 Å². The summed E-state index contributed by atoms with van der Waals surface area (Å²) >= 11 is 0. The van der Waals surface area contributed by atoms with Gasteiger partial charge in [-0.2, -0.15) is 0 Å². The molecule has 2 aliphatic carbocycles. The molecule has 0 saturated heterocycles. The Morgan fingerprint density at radius 1 is 0.854 bits per heavy atom. The van der Waals surface area contributed by atoms with Crippen molar-refractivity contribution < 1.29 is 19.0 Å². The number of halogens is 1. The molecule has 41 heavy (non-hydrogen) atoms. The van der Waals surface area contributed by atoms with E-state index in [9.17, 15) is 14.3 Å².